The number of benzene rings is 1. The molecule has 1 saturated heterocycles. The first-order chi connectivity index (χ1) is 14.5. The number of fused-ring (bicyclic) bond motifs is 1. The second-order valence-corrected chi connectivity index (χ2v) is 7.52. The lowest BCUT2D eigenvalue weighted by atomic mass is 10.2. The van der Waals surface area contributed by atoms with E-state index in [1.54, 1.807) is 28.9 Å². The van der Waals surface area contributed by atoms with Crippen molar-refractivity contribution in [3.63, 3.8) is 0 Å². The Bertz CT molecular complexity index is 1230. The maximum atomic E-state index is 11.9. The predicted molar refractivity (Wildman–Crippen MR) is 113 cm³/mol. The first kappa shape index (κ1) is 18.3. The zero-order valence-electron chi connectivity index (χ0n) is 15.6. The van der Waals surface area contributed by atoms with E-state index in [0.717, 1.165) is 18.7 Å². The molecule has 3 aromatic rings. The second kappa shape index (κ2) is 6.92. The first-order valence-corrected chi connectivity index (χ1v) is 9.65. The van der Waals surface area contributed by atoms with Gasteiger partial charge >= 0.3 is 6.03 Å². The minimum absolute atomic E-state index is 0.130. The molecule has 30 heavy (non-hydrogen) atoms. The van der Waals surface area contributed by atoms with Gasteiger partial charge in [0.1, 0.15) is 17.3 Å². The number of imide groups is 1. The molecule has 0 radical (unpaired) electrons. The summed E-state index contributed by atoms with van der Waals surface area (Å²) >= 11 is 6.28. The molecular formula is C19H17ClN8O2. The average molecular weight is 425 g/mol. The number of urea groups is 1. The predicted octanol–water partition coefficient (Wildman–Crippen LogP) is 2.46. The Hall–Kier alpha value is -3.79. The van der Waals surface area contributed by atoms with Crippen molar-refractivity contribution < 1.29 is 9.59 Å². The number of nitrogens with zero attached hydrogens (tertiary/aromatic N) is 3. The van der Waals surface area contributed by atoms with Crippen LogP contribution in [0, 0.1) is 0 Å². The standard InChI is InChI=1S/C19H17ClN8O2/c20-12-4-1-10(21)6-13(12)24-15-7-16(23-11-2-3-11)28-17(26-15)9(8-22-28)5-14-18(29)27-19(30)25-14/h1,4-8,11,23H,2-3,21H2,(H,24,26)(H2,25,27,29,30)/b14-5-. The van der Waals surface area contributed by atoms with E-state index in [2.05, 4.69) is 31.3 Å². The van der Waals surface area contributed by atoms with Crippen molar-refractivity contribution in [2.75, 3.05) is 16.4 Å². The van der Waals surface area contributed by atoms with E-state index in [1.807, 2.05) is 6.07 Å². The van der Waals surface area contributed by atoms with Crippen molar-refractivity contribution in [1.82, 2.24) is 25.2 Å². The molecule has 2 aliphatic rings. The number of halogens is 1. The minimum Gasteiger partial charge on any atom is -0.399 e. The highest BCUT2D eigenvalue weighted by molar-refractivity contribution is 6.33. The highest BCUT2D eigenvalue weighted by atomic mass is 35.5. The van der Waals surface area contributed by atoms with Crippen LogP contribution >= 0.6 is 11.6 Å². The highest BCUT2D eigenvalue weighted by Crippen LogP contribution is 2.31. The van der Waals surface area contributed by atoms with Crippen LogP contribution < -0.4 is 27.0 Å². The Morgan fingerprint density at radius 1 is 1.23 bits per heavy atom. The van der Waals surface area contributed by atoms with Gasteiger partial charge in [-0.1, -0.05) is 11.6 Å². The number of carbonyl (C=O) groups excluding carboxylic acids is 2. The van der Waals surface area contributed by atoms with E-state index in [0.29, 0.717) is 39.5 Å². The van der Waals surface area contributed by atoms with Crippen LogP contribution in [0.25, 0.3) is 11.7 Å². The Kier molecular flexibility index (Phi) is 4.21. The Balaban J connectivity index is 1.59. The third-order valence-electron chi connectivity index (χ3n) is 4.70. The fourth-order valence-corrected chi connectivity index (χ4v) is 3.26. The Morgan fingerprint density at radius 3 is 2.80 bits per heavy atom. The largest absolute Gasteiger partial charge is 0.399 e. The molecule has 10 nitrogen and oxygen atoms in total. The van der Waals surface area contributed by atoms with Crippen LogP contribution in [0.2, 0.25) is 5.02 Å². The number of rotatable bonds is 5. The molecule has 152 valence electrons. The van der Waals surface area contributed by atoms with Gasteiger partial charge in [0, 0.05) is 23.4 Å². The molecule has 1 aliphatic carbocycles. The summed E-state index contributed by atoms with van der Waals surface area (Å²) in [4.78, 5) is 27.9. The molecule has 0 spiro atoms. The van der Waals surface area contributed by atoms with Crippen LogP contribution in [0.3, 0.4) is 0 Å². The number of hydrogen-bond donors (Lipinski definition) is 5. The fourth-order valence-electron chi connectivity index (χ4n) is 3.10. The lowest BCUT2D eigenvalue weighted by Crippen LogP contribution is -2.22. The zero-order chi connectivity index (χ0) is 20.8. The van der Waals surface area contributed by atoms with E-state index in [4.69, 9.17) is 17.3 Å². The van der Waals surface area contributed by atoms with Gasteiger partial charge in [0.2, 0.25) is 0 Å². The number of amides is 3. The molecule has 6 N–H and O–H groups in total. The minimum atomic E-state index is -0.564. The van der Waals surface area contributed by atoms with Gasteiger partial charge < -0.3 is 21.7 Å². The lowest BCUT2D eigenvalue weighted by Gasteiger charge is -2.13. The SMILES string of the molecule is Nc1ccc(Cl)c(Nc2cc(NC3CC3)n3ncc(/C=C4\NC(=O)NC4=O)c3n2)c1. The molecule has 2 fully saturated rings. The molecule has 11 heteroatoms. The van der Waals surface area contributed by atoms with E-state index in [-0.39, 0.29) is 5.70 Å². The molecule has 0 atom stereocenters. The smallest absolute Gasteiger partial charge is 0.326 e. The van der Waals surface area contributed by atoms with Gasteiger partial charge in [-0.25, -0.2) is 9.78 Å². The summed E-state index contributed by atoms with van der Waals surface area (Å²) in [5.74, 6) is 0.768. The fraction of sp³-hybridized carbons (Fsp3) is 0.158. The van der Waals surface area contributed by atoms with E-state index < -0.39 is 11.9 Å². The van der Waals surface area contributed by atoms with Gasteiger partial charge in [0.15, 0.2) is 5.65 Å². The first-order valence-electron chi connectivity index (χ1n) is 9.28. The monoisotopic (exact) mass is 424 g/mol. The van der Waals surface area contributed by atoms with Crippen molar-refractivity contribution >= 4 is 58.3 Å². The molecule has 0 bridgehead atoms. The van der Waals surface area contributed by atoms with Crippen LogP contribution in [-0.4, -0.2) is 32.6 Å². The van der Waals surface area contributed by atoms with Crippen molar-refractivity contribution in [2.45, 2.75) is 18.9 Å². The van der Waals surface area contributed by atoms with Crippen LogP contribution in [0.15, 0.2) is 36.2 Å². The van der Waals surface area contributed by atoms with Gasteiger partial charge in [0.05, 0.1) is 16.9 Å². The second-order valence-electron chi connectivity index (χ2n) is 7.11. The third-order valence-corrected chi connectivity index (χ3v) is 5.03. The zero-order valence-corrected chi connectivity index (χ0v) is 16.3. The summed E-state index contributed by atoms with van der Waals surface area (Å²) in [6, 6.07) is 6.79. The van der Waals surface area contributed by atoms with Crippen LogP contribution in [0.1, 0.15) is 18.4 Å². The number of nitrogens with one attached hydrogen (secondary N) is 4. The topological polar surface area (TPSA) is 138 Å². The molecule has 3 amide bonds. The summed E-state index contributed by atoms with van der Waals surface area (Å²) in [5.41, 5.74) is 8.27. The molecule has 0 unspecified atom stereocenters. The van der Waals surface area contributed by atoms with Crippen molar-refractivity contribution in [1.29, 1.82) is 0 Å². The maximum Gasteiger partial charge on any atom is 0.326 e. The van der Waals surface area contributed by atoms with Gasteiger partial charge in [-0.15, -0.1) is 0 Å². The van der Waals surface area contributed by atoms with E-state index in [9.17, 15) is 9.59 Å². The summed E-state index contributed by atoms with van der Waals surface area (Å²) in [6.07, 6.45) is 5.28. The molecule has 1 saturated carbocycles. The number of carbonyl (C=O) groups is 2. The molecule has 3 heterocycles. The molecule has 2 aromatic heterocycles. The number of aromatic nitrogens is 3. The van der Waals surface area contributed by atoms with Crippen molar-refractivity contribution in [3.05, 3.63) is 46.7 Å². The van der Waals surface area contributed by atoms with E-state index >= 15 is 0 Å². The van der Waals surface area contributed by atoms with Gasteiger partial charge in [0.25, 0.3) is 5.91 Å². The number of hydrogen-bond acceptors (Lipinski definition) is 7. The molecule has 1 aliphatic heterocycles. The lowest BCUT2D eigenvalue weighted by molar-refractivity contribution is -0.115. The summed E-state index contributed by atoms with van der Waals surface area (Å²) in [5, 5.41) is 16.2. The maximum absolute atomic E-state index is 11.9. The molecular weight excluding hydrogens is 408 g/mol. The number of anilines is 4. The number of nitrogens with two attached hydrogens (primary N) is 1. The highest BCUT2D eigenvalue weighted by Gasteiger charge is 2.25. The van der Waals surface area contributed by atoms with Gasteiger partial charge in [-0.3, -0.25) is 10.1 Å². The Labute approximate surface area is 175 Å². The molecule has 1 aromatic carbocycles. The van der Waals surface area contributed by atoms with Crippen molar-refractivity contribution in [3.8, 4) is 0 Å². The normalized spacial score (nSPS) is 17.3. The summed E-state index contributed by atoms with van der Waals surface area (Å²) < 4.78 is 1.66. The van der Waals surface area contributed by atoms with E-state index in [1.165, 1.54) is 6.08 Å². The van der Waals surface area contributed by atoms with Gasteiger partial charge in [-0.05, 0) is 37.1 Å². The number of nitrogen functional groups attached to an aromatic ring is 1. The Morgan fingerprint density at radius 2 is 2.07 bits per heavy atom. The van der Waals surface area contributed by atoms with Crippen LogP contribution in [0.5, 0.6) is 0 Å². The molecule has 5 rings (SSSR count). The van der Waals surface area contributed by atoms with Crippen LogP contribution in [0.4, 0.5) is 27.8 Å². The average Bonchev–Trinajstić information content (AvgIpc) is 3.34. The quantitative estimate of drug-likeness (QED) is 0.241. The van der Waals surface area contributed by atoms with Gasteiger partial charge in [-0.2, -0.15) is 9.61 Å². The third kappa shape index (κ3) is 3.48. The summed E-state index contributed by atoms with van der Waals surface area (Å²) in [7, 11) is 0. The van der Waals surface area contributed by atoms with Crippen LogP contribution in [-0.2, 0) is 4.79 Å². The summed E-state index contributed by atoms with van der Waals surface area (Å²) in [6.45, 7) is 0. The van der Waals surface area contributed by atoms with Crippen molar-refractivity contribution in [2.24, 2.45) is 0 Å².